The SMILES string of the molecule is CSCC[C@@H](N)C(=O)N(C)Cc1ccccc1Cl. The van der Waals surface area contributed by atoms with Crippen LogP contribution in [0.1, 0.15) is 12.0 Å². The molecule has 1 aromatic rings. The number of rotatable bonds is 6. The van der Waals surface area contributed by atoms with Gasteiger partial charge in [-0.25, -0.2) is 0 Å². The van der Waals surface area contributed by atoms with E-state index in [1.807, 2.05) is 30.5 Å². The fraction of sp³-hybridized carbons (Fsp3) is 0.462. The number of hydrogen-bond donors (Lipinski definition) is 1. The van der Waals surface area contributed by atoms with Gasteiger partial charge in [0.25, 0.3) is 0 Å². The highest BCUT2D eigenvalue weighted by Crippen LogP contribution is 2.16. The van der Waals surface area contributed by atoms with E-state index < -0.39 is 6.04 Å². The van der Waals surface area contributed by atoms with Crippen molar-refractivity contribution in [1.82, 2.24) is 4.90 Å². The van der Waals surface area contributed by atoms with Crippen molar-refractivity contribution in [2.75, 3.05) is 19.1 Å². The Hall–Kier alpha value is -0.710. The van der Waals surface area contributed by atoms with Gasteiger partial charge in [0.05, 0.1) is 6.04 Å². The molecule has 0 spiro atoms. The molecule has 0 heterocycles. The quantitative estimate of drug-likeness (QED) is 0.873. The Morgan fingerprint density at radius 2 is 2.17 bits per heavy atom. The highest BCUT2D eigenvalue weighted by Gasteiger charge is 2.18. The fourth-order valence-corrected chi connectivity index (χ4v) is 2.30. The van der Waals surface area contributed by atoms with Crippen LogP contribution in [0.25, 0.3) is 0 Å². The topological polar surface area (TPSA) is 46.3 Å². The molecule has 1 aromatic carbocycles. The third-order valence-electron chi connectivity index (χ3n) is 2.69. The number of thioether (sulfide) groups is 1. The molecule has 0 saturated carbocycles. The predicted molar refractivity (Wildman–Crippen MR) is 78.9 cm³/mol. The minimum absolute atomic E-state index is 0.0380. The summed E-state index contributed by atoms with van der Waals surface area (Å²) in [4.78, 5) is 13.6. The molecule has 0 bridgehead atoms. The van der Waals surface area contributed by atoms with Crippen molar-refractivity contribution in [2.24, 2.45) is 5.73 Å². The molecule has 0 saturated heterocycles. The predicted octanol–water partition coefficient (Wildman–Crippen LogP) is 2.38. The number of carbonyl (C=O) groups is 1. The third-order valence-corrected chi connectivity index (χ3v) is 3.70. The van der Waals surface area contributed by atoms with E-state index >= 15 is 0 Å². The van der Waals surface area contributed by atoms with Crippen LogP contribution in [0.3, 0.4) is 0 Å². The van der Waals surface area contributed by atoms with E-state index in [0.29, 0.717) is 18.0 Å². The number of likely N-dealkylation sites (N-methyl/N-ethyl adjacent to an activating group) is 1. The zero-order valence-electron chi connectivity index (χ0n) is 10.7. The Balaban J connectivity index is 2.57. The van der Waals surface area contributed by atoms with Crippen LogP contribution < -0.4 is 5.73 Å². The molecule has 100 valence electrons. The molecule has 0 radical (unpaired) electrons. The highest BCUT2D eigenvalue weighted by molar-refractivity contribution is 7.98. The van der Waals surface area contributed by atoms with Crippen LogP contribution in [0.4, 0.5) is 0 Å². The second kappa shape index (κ2) is 7.67. The zero-order chi connectivity index (χ0) is 13.5. The van der Waals surface area contributed by atoms with Crippen LogP contribution in [0, 0.1) is 0 Å². The molecular formula is C13H19ClN2OS. The van der Waals surface area contributed by atoms with Crippen molar-refractivity contribution >= 4 is 29.3 Å². The molecule has 1 rings (SSSR count). The molecule has 0 aliphatic carbocycles. The molecule has 0 unspecified atom stereocenters. The minimum Gasteiger partial charge on any atom is -0.340 e. The Bertz CT molecular complexity index is 400. The first-order valence-corrected chi connectivity index (χ1v) is 7.56. The summed E-state index contributed by atoms with van der Waals surface area (Å²) in [6, 6.07) is 7.10. The molecule has 0 aliphatic rings. The van der Waals surface area contributed by atoms with E-state index in [9.17, 15) is 4.79 Å². The summed E-state index contributed by atoms with van der Waals surface area (Å²) >= 11 is 7.76. The maximum atomic E-state index is 12.0. The molecule has 1 amide bonds. The number of hydrogen-bond acceptors (Lipinski definition) is 3. The van der Waals surface area contributed by atoms with Gasteiger partial charge in [0.1, 0.15) is 0 Å². The molecule has 0 aliphatic heterocycles. The normalized spacial score (nSPS) is 12.2. The van der Waals surface area contributed by atoms with Gasteiger partial charge in [-0.05, 0) is 30.1 Å². The highest BCUT2D eigenvalue weighted by atomic mass is 35.5. The molecule has 18 heavy (non-hydrogen) atoms. The number of nitrogens with zero attached hydrogens (tertiary/aromatic N) is 1. The van der Waals surface area contributed by atoms with Crippen LogP contribution in [-0.2, 0) is 11.3 Å². The summed E-state index contributed by atoms with van der Waals surface area (Å²) in [5, 5.41) is 0.676. The van der Waals surface area contributed by atoms with Gasteiger partial charge in [0.2, 0.25) is 5.91 Å². The average molecular weight is 287 g/mol. The van der Waals surface area contributed by atoms with Crippen molar-refractivity contribution < 1.29 is 4.79 Å². The van der Waals surface area contributed by atoms with Gasteiger partial charge in [-0.1, -0.05) is 29.8 Å². The van der Waals surface area contributed by atoms with E-state index in [1.54, 1.807) is 23.7 Å². The number of benzene rings is 1. The van der Waals surface area contributed by atoms with Crippen molar-refractivity contribution in [2.45, 2.75) is 19.0 Å². The lowest BCUT2D eigenvalue weighted by Crippen LogP contribution is -2.41. The summed E-state index contributed by atoms with van der Waals surface area (Å²) < 4.78 is 0. The molecular weight excluding hydrogens is 268 g/mol. The minimum atomic E-state index is -0.426. The van der Waals surface area contributed by atoms with Crippen molar-refractivity contribution in [3.63, 3.8) is 0 Å². The van der Waals surface area contributed by atoms with Gasteiger partial charge >= 0.3 is 0 Å². The average Bonchev–Trinajstić information content (AvgIpc) is 2.37. The largest absolute Gasteiger partial charge is 0.340 e. The molecule has 1 atom stereocenters. The molecule has 2 N–H and O–H groups in total. The van der Waals surface area contributed by atoms with Crippen LogP contribution in [0.5, 0.6) is 0 Å². The van der Waals surface area contributed by atoms with Crippen molar-refractivity contribution in [3.8, 4) is 0 Å². The smallest absolute Gasteiger partial charge is 0.239 e. The monoisotopic (exact) mass is 286 g/mol. The Kier molecular flexibility index (Phi) is 6.54. The van der Waals surface area contributed by atoms with Crippen molar-refractivity contribution in [1.29, 1.82) is 0 Å². The van der Waals surface area contributed by atoms with Crippen molar-refractivity contribution in [3.05, 3.63) is 34.9 Å². The van der Waals surface area contributed by atoms with Crippen LogP contribution in [-0.4, -0.2) is 35.9 Å². The first kappa shape index (κ1) is 15.3. The number of nitrogens with two attached hydrogens (primary N) is 1. The van der Waals surface area contributed by atoms with E-state index in [2.05, 4.69) is 0 Å². The van der Waals surface area contributed by atoms with Gasteiger partial charge < -0.3 is 10.6 Å². The second-order valence-electron chi connectivity index (χ2n) is 4.17. The first-order valence-electron chi connectivity index (χ1n) is 5.79. The van der Waals surface area contributed by atoms with E-state index in [4.69, 9.17) is 17.3 Å². The lowest BCUT2D eigenvalue weighted by atomic mass is 10.2. The van der Waals surface area contributed by atoms with Gasteiger partial charge in [-0.3, -0.25) is 4.79 Å². The maximum absolute atomic E-state index is 12.0. The fourth-order valence-electron chi connectivity index (χ4n) is 1.61. The van der Waals surface area contributed by atoms with Gasteiger partial charge in [0.15, 0.2) is 0 Å². The standard InChI is InChI=1S/C13H19ClN2OS/c1-16(13(17)12(15)7-8-18-2)9-10-5-3-4-6-11(10)14/h3-6,12H,7-9,15H2,1-2H3/t12-/m1/s1. The molecule has 5 heteroatoms. The molecule has 3 nitrogen and oxygen atoms in total. The summed E-state index contributed by atoms with van der Waals surface area (Å²) in [7, 11) is 1.75. The first-order chi connectivity index (χ1) is 8.56. The Morgan fingerprint density at radius 1 is 1.50 bits per heavy atom. The lowest BCUT2D eigenvalue weighted by molar-refractivity contribution is -0.131. The zero-order valence-corrected chi connectivity index (χ0v) is 12.3. The van der Waals surface area contributed by atoms with E-state index in [1.165, 1.54) is 0 Å². The second-order valence-corrected chi connectivity index (χ2v) is 5.57. The summed E-state index contributed by atoms with van der Waals surface area (Å²) in [5.74, 6) is 0.858. The summed E-state index contributed by atoms with van der Waals surface area (Å²) in [6.07, 6.45) is 2.71. The van der Waals surface area contributed by atoms with Gasteiger partial charge in [-0.2, -0.15) is 11.8 Å². The van der Waals surface area contributed by atoms with Crippen LogP contribution in [0.15, 0.2) is 24.3 Å². The van der Waals surface area contributed by atoms with Crippen LogP contribution in [0.2, 0.25) is 5.02 Å². The molecule has 0 aromatic heterocycles. The molecule has 0 fully saturated rings. The maximum Gasteiger partial charge on any atom is 0.239 e. The third kappa shape index (κ3) is 4.52. The van der Waals surface area contributed by atoms with E-state index in [0.717, 1.165) is 11.3 Å². The van der Waals surface area contributed by atoms with Gasteiger partial charge in [0, 0.05) is 18.6 Å². The Labute approximate surface area is 118 Å². The van der Waals surface area contributed by atoms with Gasteiger partial charge in [-0.15, -0.1) is 0 Å². The summed E-state index contributed by atoms with van der Waals surface area (Å²) in [5.41, 5.74) is 6.80. The van der Waals surface area contributed by atoms with Crippen LogP contribution >= 0.6 is 23.4 Å². The lowest BCUT2D eigenvalue weighted by Gasteiger charge is -2.21. The van der Waals surface area contributed by atoms with E-state index in [-0.39, 0.29) is 5.91 Å². The number of halogens is 1. The number of amides is 1. The summed E-state index contributed by atoms with van der Waals surface area (Å²) in [6.45, 7) is 0.492. The number of carbonyl (C=O) groups excluding carboxylic acids is 1. The Morgan fingerprint density at radius 3 is 2.78 bits per heavy atom.